The Morgan fingerprint density at radius 3 is 1.20 bits per heavy atom. The minimum absolute atomic E-state index is 0. The summed E-state index contributed by atoms with van der Waals surface area (Å²) in [4.78, 5) is 18.0. The second kappa shape index (κ2) is 36.6. The maximum atomic E-state index is 9.73. The van der Waals surface area contributed by atoms with Crippen molar-refractivity contribution in [2.45, 2.75) is 13.8 Å². The van der Waals surface area contributed by atoms with Crippen LogP contribution in [0.1, 0.15) is 13.8 Å². The molecule has 85 heavy (non-hydrogen) atoms. The van der Waals surface area contributed by atoms with Crippen molar-refractivity contribution in [2.75, 3.05) is 19.6 Å². The molecule has 0 spiro atoms. The fraction of sp³-hybridized carbons (Fsp3) is 0.0820. The Kier molecular flexibility index (Phi) is 31.4. The van der Waals surface area contributed by atoms with Crippen LogP contribution in [0, 0.1) is 0 Å². The smallest absolute Gasteiger partial charge is 0.507 e. The SMILES string of the molecule is BrB(Br)Br.CC(=O)O.CC(=O)O.COc1ccc2cc(-c3cc4ccccc4o3)ccc2c1Br.COc1ccc2cc(Br)ccc2c1Br.ClCCl.OB(O)c1cc2ccccc2o1.Oc1ccc2cc(-c3cc4ccccc4o3)ccc2c1Br.[Pd]. The number of hydrogen-bond acceptors (Lipinski definition) is 10. The van der Waals surface area contributed by atoms with Gasteiger partial charge in [-0.15, -0.1) is 70.5 Å². The van der Waals surface area contributed by atoms with Gasteiger partial charge in [-0.3, -0.25) is 9.59 Å². The molecule has 0 saturated heterocycles. The van der Waals surface area contributed by atoms with Gasteiger partial charge < -0.3 is 48.1 Å². The Morgan fingerprint density at radius 1 is 0.482 bits per heavy atom. The van der Waals surface area contributed by atoms with Crippen molar-refractivity contribution in [1.82, 2.24) is 0 Å². The van der Waals surface area contributed by atoms with E-state index in [0.29, 0.717) is 5.58 Å². The van der Waals surface area contributed by atoms with Crippen LogP contribution in [-0.4, -0.2) is 67.2 Å². The zero-order valence-corrected chi connectivity index (χ0v) is 59.2. The summed E-state index contributed by atoms with van der Waals surface area (Å²) in [7, 11) is 1.82. The molecule has 9 aromatic carbocycles. The summed E-state index contributed by atoms with van der Waals surface area (Å²) in [6, 6.07) is 59.2. The number of alkyl halides is 2. The van der Waals surface area contributed by atoms with Gasteiger partial charge in [0.2, 0.25) is 0 Å². The van der Waals surface area contributed by atoms with Gasteiger partial charge >= 0.3 is 10.3 Å². The zero-order chi connectivity index (χ0) is 61.6. The van der Waals surface area contributed by atoms with Crippen molar-refractivity contribution in [3.63, 3.8) is 0 Å². The molecule has 0 saturated carbocycles. The van der Waals surface area contributed by atoms with E-state index >= 15 is 0 Å². The molecule has 5 N–H and O–H groups in total. The summed E-state index contributed by atoms with van der Waals surface area (Å²) in [6.45, 7) is 2.17. The first-order valence-electron chi connectivity index (χ1n) is 24.4. The van der Waals surface area contributed by atoms with Gasteiger partial charge in [-0.1, -0.05) is 119 Å². The van der Waals surface area contributed by atoms with Crippen LogP contribution in [0.4, 0.5) is 0 Å². The van der Waals surface area contributed by atoms with Crippen LogP contribution in [-0.2, 0) is 30.0 Å². The number of methoxy groups -OCH3 is 2. The molecule has 0 aliphatic carbocycles. The van der Waals surface area contributed by atoms with Gasteiger partial charge in [0, 0.05) is 66.0 Å². The van der Waals surface area contributed by atoms with E-state index in [1.807, 2.05) is 109 Å². The van der Waals surface area contributed by atoms with Gasteiger partial charge in [-0.2, -0.15) is 0 Å². The van der Waals surface area contributed by atoms with E-state index in [1.54, 1.807) is 32.4 Å². The summed E-state index contributed by atoms with van der Waals surface area (Å²) in [5.41, 5.74) is 4.74. The van der Waals surface area contributed by atoms with Gasteiger partial charge in [0.1, 0.15) is 51.2 Å². The third-order valence-corrected chi connectivity index (χ3v) is 14.3. The number of ether oxygens (including phenoxy) is 2. The predicted octanol–water partition coefficient (Wildman–Crippen LogP) is 20.0. The van der Waals surface area contributed by atoms with Gasteiger partial charge in [0.15, 0.2) is 0 Å². The average Bonchev–Trinajstić information content (AvgIpc) is 3.11. The quantitative estimate of drug-likeness (QED) is 0.0810. The number of furan rings is 3. The predicted molar refractivity (Wildman–Crippen MR) is 370 cm³/mol. The van der Waals surface area contributed by atoms with Crippen LogP contribution in [0.3, 0.4) is 0 Å². The molecule has 12 rings (SSSR count). The van der Waals surface area contributed by atoms with Crippen LogP contribution in [0.15, 0.2) is 213 Å². The first kappa shape index (κ1) is 72.8. The minimum atomic E-state index is -1.53. The van der Waals surface area contributed by atoms with Crippen molar-refractivity contribution in [3.8, 4) is 39.9 Å². The van der Waals surface area contributed by atoms with E-state index in [2.05, 4.69) is 166 Å². The molecular formula is C61H49B2Br7Cl2O12Pd. The number of hydrogen-bond donors (Lipinski definition) is 5. The second-order valence-corrected chi connectivity index (χ2v) is 27.6. The number of para-hydroxylation sites is 3. The molecule has 0 amide bonds. The summed E-state index contributed by atoms with van der Waals surface area (Å²) in [5.74, 6) is 2.01. The van der Waals surface area contributed by atoms with E-state index in [-0.39, 0.29) is 40.4 Å². The van der Waals surface area contributed by atoms with E-state index in [4.69, 9.17) is 75.8 Å². The van der Waals surface area contributed by atoms with Crippen LogP contribution in [0.25, 0.3) is 87.9 Å². The van der Waals surface area contributed by atoms with Gasteiger partial charge in [0.05, 0.1) is 33.0 Å². The molecule has 0 bridgehead atoms. The van der Waals surface area contributed by atoms with Crippen LogP contribution >= 0.6 is 134 Å². The van der Waals surface area contributed by atoms with Crippen molar-refractivity contribution >= 4 is 227 Å². The fourth-order valence-corrected chi connectivity index (χ4v) is 9.98. The van der Waals surface area contributed by atoms with Gasteiger partial charge in [-0.05, 0) is 159 Å². The monoisotopic (exact) mass is 1720 g/mol. The summed E-state index contributed by atoms with van der Waals surface area (Å²) in [5, 5.41) is 52.1. The Balaban J connectivity index is 0.000000228. The number of aromatic hydroxyl groups is 1. The molecule has 0 unspecified atom stereocenters. The van der Waals surface area contributed by atoms with E-state index < -0.39 is 19.1 Å². The number of carboxylic acids is 2. The van der Waals surface area contributed by atoms with Crippen molar-refractivity contribution in [1.29, 1.82) is 0 Å². The van der Waals surface area contributed by atoms with Crippen LogP contribution < -0.4 is 15.1 Å². The van der Waals surface area contributed by atoms with Crippen LogP contribution in [0.5, 0.6) is 17.2 Å². The number of benzene rings is 9. The zero-order valence-electron chi connectivity index (χ0n) is 45.0. The third kappa shape index (κ3) is 22.2. The van der Waals surface area contributed by atoms with Gasteiger partial charge in [0.25, 0.3) is 11.9 Å². The summed E-state index contributed by atoms with van der Waals surface area (Å²) in [6.07, 6.45) is 0. The molecule has 444 valence electrons. The third-order valence-electron chi connectivity index (χ3n) is 11.3. The summed E-state index contributed by atoms with van der Waals surface area (Å²) < 4.78 is 31.6. The molecule has 24 heteroatoms. The molecule has 3 aromatic heterocycles. The Bertz CT molecular complexity index is 4010. The number of phenolic OH excluding ortho intramolecular Hbond substituents is 1. The van der Waals surface area contributed by atoms with E-state index in [0.717, 1.165) is 120 Å². The normalized spacial score (nSPS) is 10.0. The van der Waals surface area contributed by atoms with Gasteiger partial charge in [-0.25, -0.2) is 0 Å². The van der Waals surface area contributed by atoms with E-state index in [1.165, 1.54) is 5.39 Å². The maximum Gasteiger partial charge on any atom is 0.526 e. The molecule has 0 aliphatic heterocycles. The molecule has 0 fully saturated rings. The van der Waals surface area contributed by atoms with Crippen LogP contribution in [0.2, 0.25) is 0 Å². The first-order chi connectivity index (χ1) is 40.1. The number of carbonyl (C=O) groups is 2. The Morgan fingerprint density at radius 2 is 0.824 bits per heavy atom. The molecule has 0 radical (unpaired) electrons. The minimum Gasteiger partial charge on any atom is -0.507 e. The van der Waals surface area contributed by atoms with E-state index in [9.17, 15) is 5.11 Å². The van der Waals surface area contributed by atoms with Crippen molar-refractivity contribution in [2.24, 2.45) is 0 Å². The largest absolute Gasteiger partial charge is 0.526 e. The second-order valence-electron chi connectivity index (χ2n) is 17.0. The molecule has 0 aliphatic rings. The van der Waals surface area contributed by atoms with Crippen molar-refractivity contribution in [3.05, 3.63) is 200 Å². The molecule has 12 aromatic rings. The average molecular weight is 1730 g/mol. The van der Waals surface area contributed by atoms with Crippen molar-refractivity contribution < 1.29 is 78.1 Å². The number of aliphatic carboxylic acids is 2. The molecular weight excluding hydrogens is 1680 g/mol. The molecule has 12 nitrogen and oxygen atoms in total. The maximum absolute atomic E-state index is 9.73. The number of carboxylic acid groups (broad SMARTS) is 2. The summed E-state index contributed by atoms with van der Waals surface area (Å²) >= 11 is 32.8. The number of halogens is 9. The number of phenols is 1. The molecule has 0 atom stereocenters. The fourth-order valence-electron chi connectivity index (χ4n) is 7.79. The number of rotatable bonds is 5. The number of fused-ring (bicyclic) bond motifs is 6. The molecule has 3 heterocycles. The Labute approximate surface area is 572 Å². The topological polar surface area (TPSA) is 193 Å². The standard InChI is InChI=1S/C19H13BrO2.C18H11BrO2.C11H8Br2O.C8H7BO3.2C2H4O2.CH2Cl2.BBr3.Pd/c1-21-17-9-7-12-10-14(6-8-15(12)19(17)20)18-11-13-4-2-3-5-16(13)22-18;19-18-14-7-5-13(9-11(14)6-8-15(18)20)17-10-12-3-1-2-4-16(12)21-17;1-14-10-5-2-7-6-8(12)3-4-9(7)11(10)13;10-9(11)8-5-6-3-1-2-4-7(6)12-8;2*1-2(3)4;2-1-3;2-1(3)4;/h2-11H,1H3;1-10,20H;2-6H,1H3;1-5,10-11H;2*1H3,(H,3,4);1H2;;. The first-order valence-corrected chi connectivity index (χ1v) is 31.4. The Hall–Kier alpha value is -4.63.